The molecular formula is C14H22N4O. The van der Waals surface area contributed by atoms with Crippen LogP contribution in [-0.2, 0) is 0 Å². The van der Waals surface area contributed by atoms with E-state index in [1.807, 2.05) is 19.9 Å². The molecule has 5 nitrogen and oxygen atoms in total. The second kappa shape index (κ2) is 5.47. The van der Waals surface area contributed by atoms with Crippen LogP contribution in [0.2, 0.25) is 0 Å². The van der Waals surface area contributed by atoms with Crippen LogP contribution < -0.4 is 10.6 Å². The standard InChI is InChI=1S/C14H22N4O/c1-4-18(8-11-5-6-11)14-12(13(15)17-19)9(2)7-10(3)16-14/h7,11,19H,4-6,8H2,1-3H3,(H2,15,17). The molecule has 1 heterocycles. The average Bonchev–Trinajstić information content (AvgIpc) is 3.18. The quantitative estimate of drug-likeness (QED) is 0.368. The SMILES string of the molecule is CCN(CC1CC1)c1nc(C)cc(C)c1C(N)=NO. The third-order valence-corrected chi connectivity index (χ3v) is 3.55. The van der Waals surface area contributed by atoms with Crippen molar-refractivity contribution >= 4 is 11.7 Å². The monoisotopic (exact) mass is 262 g/mol. The Morgan fingerprint density at radius 1 is 1.53 bits per heavy atom. The third kappa shape index (κ3) is 2.97. The van der Waals surface area contributed by atoms with Crippen molar-refractivity contribution in [1.29, 1.82) is 0 Å². The summed E-state index contributed by atoms with van der Waals surface area (Å²) in [7, 11) is 0. The summed E-state index contributed by atoms with van der Waals surface area (Å²) in [5.41, 5.74) is 8.51. The first kappa shape index (κ1) is 13.6. The van der Waals surface area contributed by atoms with Gasteiger partial charge in [0, 0.05) is 18.8 Å². The Hall–Kier alpha value is -1.78. The summed E-state index contributed by atoms with van der Waals surface area (Å²) in [5.74, 6) is 1.74. The van der Waals surface area contributed by atoms with Gasteiger partial charge in [-0.2, -0.15) is 0 Å². The molecule has 1 aliphatic carbocycles. The zero-order chi connectivity index (χ0) is 14.0. The van der Waals surface area contributed by atoms with E-state index in [4.69, 9.17) is 10.9 Å². The molecule has 0 aliphatic heterocycles. The van der Waals surface area contributed by atoms with Gasteiger partial charge in [0.2, 0.25) is 0 Å². The summed E-state index contributed by atoms with van der Waals surface area (Å²) in [6, 6.07) is 1.96. The summed E-state index contributed by atoms with van der Waals surface area (Å²) in [6.45, 7) is 7.92. The van der Waals surface area contributed by atoms with Crippen molar-refractivity contribution in [3.8, 4) is 0 Å². The van der Waals surface area contributed by atoms with E-state index >= 15 is 0 Å². The fraction of sp³-hybridized carbons (Fsp3) is 0.571. The van der Waals surface area contributed by atoms with Crippen LogP contribution in [0.5, 0.6) is 0 Å². The lowest BCUT2D eigenvalue weighted by molar-refractivity contribution is 0.318. The van der Waals surface area contributed by atoms with Gasteiger partial charge in [-0.25, -0.2) is 4.98 Å². The van der Waals surface area contributed by atoms with Crippen LogP contribution in [-0.4, -0.2) is 29.1 Å². The van der Waals surface area contributed by atoms with E-state index in [-0.39, 0.29) is 5.84 Å². The Balaban J connectivity index is 2.45. The molecule has 0 bridgehead atoms. The number of amidine groups is 1. The van der Waals surface area contributed by atoms with Crippen LogP contribution >= 0.6 is 0 Å². The lowest BCUT2D eigenvalue weighted by Crippen LogP contribution is -2.30. The smallest absolute Gasteiger partial charge is 0.174 e. The predicted octanol–water partition coefficient (Wildman–Crippen LogP) is 2.03. The van der Waals surface area contributed by atoms with Gasteiger partial charge in [-0.1, -0.05) is 5.16 Å². The van der Waals surface area contributed by atoms with Gasteiger partial charge in [0.05, 0.1) is 5.56 Å². The number of oxime groups is 1. The van der Waals surface area contributed by atoms with Crippen LogP contribution in [0.25, 0.3) is 0 Å². The highest BCUT2D eigenvalue weighted by Gasteiger charge is 2.26. The number of hydrogen-bond acceptors (Lipinski definition) is 4. The van der Waals surface area contributed by atoms with Gasteiger partial charge in [0.25, 0.3) is 0 Å². The first-order chi connectivity index (χ1) is 9.06. The highest BCUT2D eigenvalue weighted by Crippen LogP contribution is 2.32. The van der Waals surface area contributed by atoms with E-state index in [0.29, 0.717) is 0 Å². The van der Waals surface area contributed by atoms with Gasteiger partial charge in [-0.3, -0.25) is 0 Å². The maximum Gasteiger partial charge on any atom is 0.174 e. The molecule has 0 atom stereocenters. The summed E-state index contributed by atoms with van der Waals surface area (Å²) in [4.78, 5) is 6.84. The molecule has 0 spiro atoms. The maximum atomic E-state index is 8.97. The molecule has 104 valence electrons. The molecule has 1 aliphatic rings. The summed E-state index contributed by atoms with van der Waals surface area (Å²) in [6.07, 6.45) is 2.58. The van der Waals surface area contributed by atoms with Crippen LogP contribution in [0.15, 0.2) is 11.2 Å². The Labute approximate surface area is 114 Å². The average molecular weight is 262 g/mol. The molecule has 0 saturated heterocycles. The number of aryl methyl sites for hydroxylation is 2. The number of aromatic nitrogens is 1. The number of rotatable bonds is 5. The molecule has 1 fully saturated rings. The third-order valence-electron chi connectivity index (χ3n) is 3.55. The number of nitrogens with zero attached hydrogens (tertiary/aromatic N) is 3. The van der Waals surface area contributed by atoms with Crippen molar-refractivity contribution in [1.82, 2.24) is 4.98 Å². The molecule has 19 heavy (non-hydrogen) atoms. The Bertz CT molecular complexity index is 494. The van der Waals surface area contributed by atoms with Gasteiger partial charge in [0.1, 0.15) is 5.82 Å². The molecule has 0 aromatic carbocycles. The first-order valence-corrected chi connectivity index (χ1v) is 6.77. The largest absolute Gasteiger partial charge is 0.409 e. The first-order valence-electron chi connectivity index (χ1n) is 6.77. The van der Waals surface area contributed by atoms with Crippen molar-refractivity contribution in [2.24, 2.45) is 16.8 Å². The molecule has 3 N–H and O–H groups in total. The predicted molar refractivity (Wildman–Crippen MR) is 76.8 cm³/mol. The van der Waals surface area contributed by atoms with E-state index in [2.05, 4.69) is 22.0 Å². The molecule has 0 amide bonds. The van der Waals surface area contributed by atoms with E-state index in [1.165, 1.54) is 12.8 Å². The van der Waals surface area contributed by atoms with Gasteiger partial charge in [0.15, 0.2) is 5.84 Å². The van der Waals surface area contributed by atoms with Gasteiger partial charge < -0.3 is 15.8 Å². The summed E-state index contributed by atoms with van der Waals surface area (Å²) in [5, 5.41) is 12.1. The highest BCUT2D eigenvalue weighted by atomic mass is 16.4. The zero-order valence-corrected chi connectivity index (χ0v) is 11.8. The molecule has 1 aromatic rings. The fourth-order valence-electron chi connectivity index (χ4n) is 2.39. The second-order valence-electron chi connectivity index (χ2n) is 5.25. The number of anilines is 1. The van der Waals surface area contributed by atoms with Gasteiger partial charge in [-0.15, -0.1) is 0 Å². The normalized spacial score (nSPS) is 15.6. The number of nitrogens with two attached hydrogens (primary N) is 1. The van der Waals surface area contributed by atoms with Crippen molar-refractivity contribution in [2.75, 3.05) is 18.0 Å². The van der Waals surface area contributed by atoms with Gasteiger partial charge >= 0.3 is 0 Å². The van der Waals surface area contributed by atoms with E-state index in [1.54, 1.807) is 0 Å². The second-order valence-corrected chi connectivity index (χ2v) is 5.25. The van der Waals surface area contributed by atoms with Crippen LogP contribution in [0.4, 0.5) is 5.82 Å². The molecule has 1 aromatic heterocycles. The molecule has 5 heteroatoms. The summed E-state index contributed by atoms with van der Waals surface area (Å²) < 4.78 is 0. The molecular weight excluding hydrogens is 240 g/mol. The van der Waals surface area contributed by atoms with Crippen molar-refractivity contribution in [3.05, 3.63) is 22.9 Å². The zero-order valence-electron chi connectivity index (χ0n) is 11.8. The topological polar surface area (TPSA) is 74.7 Å². The highest BCUT2D eigenvalue weighted by molar-refractivity contribution is 6.02. The van der Waals surface area contributed by atoms with Crippen LogP contribution in [0.1, 0.15) is 36.6 Å². The minimum atomic E-state index is 0.134. The van der Waals surface area contributed by atoms with Crippen molar-refractivity contribution in [2.45, 2.75) is 33.6 Å². The number of hydrogen-bond donors (Lipinski definition) is 2. The minimum absolute atomic E-state index is 0.134. The molecule has 0 radical (unpaired) electrons. The fourth-order valence-corrected chi connectivity index (χ4v) is 2.39. The Morgan fingerprint density at radius 2 is 2.21 bits per heavy atom. The summed E-state index contributed by atoms with van der Waals surface area (Å²) >= 11 is 0. The van der Waals surface area contributed by atoms with Crippen LogP contribution in [0.3, 0.4) is 0 Å². The molecule has 2 rings (SSSR count). The minimum Gasteiger partial charge on any atom is -0.409 e. The Morgan fingerprint density at radius 3 is 2.74 bits per heavy atom. The molecule has 0 unspecified atom stereocenters. The van der Waals surface area contributed by atoms with E-state index < -0.39 is 0 Å². The van der Waals surface area contributed by atoms with Gasteiger partial charge in [-0.05, 0) is 51.2 Å². The van der Waals surface area contributed by atoms with Crippen molar-refractivity contribution < 1.29 is 5.21 Å². The number of pyridine rings is 1. The van der Waals surface area contributed by atoms with E-state index in [9.17, 15) is 0 Å². The van der Waals surface area contributed by atoms with Crippen LogP contribution in [0, 0.1) is 19.8 Å². The lowest BCUT2D eigenvalue weighted by Gasteiger charge is -2.25. The molecule has 1 saturated carbocycles. The maximum absolute atomic E-state index is 8.97. The Kier molecular flexibility index (Phi) is 3.93. The van der Waals surface area contributed by atoms with Crippen molar-refractivity contribution in [3.63, 3.8) is 0 Å². The lowest BCUT2D eigenvalue weighted by atomic mass is 10.1. The van der Waals surface area contributed by atoms with E-state index in [0.717, 1.165) is 41.6 Å².